The molecule has 1 N–H and O–H groups in total. The first-order chi connectivity index (χ1) is 3.29. The van der Waals surface area contributed by atoms with Crippen molar-refractivity contribution in [2.75, 3.05) is 0 Å². The molecule has 0 amide bonds. The fraction of sp³-hybridized carbons (Fsp3) is 0.333. The Morgan fingerprint density at radius 1 is 1.86 bits per heavy atom. The van der Waals surface area contributed by atoms with Gasteiger partial charge in [0.1, 0.15) is 5.82 Å². The van der Waals surface area contributed by atoms with Crippen molar-refractivity contribution < 1.29 is 4.52 Å². The van der Waals surface area contributed by atoms with E-state index in [-0.39, 0.29) is 0 Å². The summed E-state index contributed by atoms with van der Waals surface area (Å²) in [6.45, 7) is 1.64. The van der Waals surface area contributed by atoms with E-state index in [2.05, 4.69) is 14.7 Å². The minimum Gasteiger partial charge on any atom is -0.321 e. The van der Waals surface area contributed by atoms with Crippen molar-refractivity contribution in [3.63, 3.8) is 0 Å². The molecule has 4 heteroatoms. The summed E-state index contributed by atoms with van der Waals surface area (Å²) in [4.78, 5) is 13.3. The summed E-state index contributed by atoms with van der Waals surface area (Å²) in [5.41, 5.74) is 0. The van der Waals surface area contributed by atoms with Gasteiger partial charge in [0, 0.05) is 0 Å². The van der Waals surface area contributed by atoms with Gasteiger partial charge in [-0.25, -0.2) is 9.95 Å². The second-order valence-corrected chi connectivity index (χ2v) is 1.17. The maximum atomic E-state index is 9.98. The number of hydrogen-bond donors (Lipinski definition) is 1. The average Bonchev–Trinajstić information content (AvgIpc) is 1.87. The number of nitrogens with one attached hydrogen (secondary N) is 1. The molecular weight excluding hydrogens is 96.0 g/mol. The van der Waals surface area contributed by atoms with Crippen LogP contribution in [0, 0.1) is 6.92 Å². The third-order valence-corrected chi connectivity index (χ3v) is 0.545. The molecule has 1 aromatic heterocycles. The lowest BCUT2D eigenvalue weighted by molar-refractivity contribution is 0.383. The highest BCUT2D eigenvalue weighted by molar-refractivity contribution is 4.68. The van der Waals surface area contributed by atoms with Crippen LogP contribution in [0.1, 0.15) is 5.82 Å². The highest BCUT2D eigenvalue weighted by Gasteiger charge is 1.86. The third kappa shape index (κ3) is 0.677. The molecule has 0 spiro atoms. The monoisotopic (exact) mass is 100 g/mol. The molecule has 0 unspecified atom stereocenters. The van der Waals surface area contributed by atoms with E-state index in [0.717, 1.165) is 0 Å². The van der Waals surface area contributed by atoms with Gasteiger partial charge in [0.25, 0.3) is 0 Å². The van der Waals surface area contributed by atoms with Gasteiger partial charge in [0.15, 0.2) is 0 Å². The van der Waals surface area contributed by atoms with Gasteiger partial charge in [0.05, 0.1) is 0 Å². The Hall–Kier alpha value is -1.06. The van der Waals surface area contributed by atoms with Crippen molar-refractivity contribution in [2.45, 2.75) is 6.92 Å². The number of hydrogen-bond acceptors (Lipinski definition) is 3. The first kappa shape index (κ1) is 4.11. The van der Waals surface area contributed by atoms with Gasteiger partial charge < -0.3 is 4.52 Å². The van der Waals surface area contributed by atoms with Crippen LogP contribution in [-0.4, -0.2) is 10.1 Å². The molecule has 38 valence electrons. The lowest BCUT2D eigenvalue weighted by Gasteiger charge is -1.64. The Balaban J connectivity index is 3.30. The minimum absolute atomic E-state index is 0.505. The predicted octanol–water partition coefficient (Wildman–Crippen LogP) is -0.329. The summed E-state index contributed by atoms with van der Waals surface area (Å²) in [6.07, 6.45) is 0. The van der Waals surface area contributed by atoms with E-state index >= 15 is 0 Å². The predicted molar refractivity (Wildman–Crippen MR) is 21.9 cm³/mol. The topological polar surface area (TPSA) is 58.9 Å². The van der Waals surface area contributed by atoms with E-state index in [0.29, 0.717) is 5.82 Å². The molecule has 0 fully saturated rings. The van der Waals surface area contributed by atoms with Crippen molar-refractivity contribution in [3.05, 3.63) is 16.4 Å². The molecule has 0 aliphatic heterocycles. The van der Waals surface area contributed by atoms with Crippen LogP contribution in [0.5, 0.6) is 0 Å². The van der Waals surface area contributed by atoms with E-state index < -0.39 is 5.76 Å². The summed E-state index contributed by atoms with van der Waals surface area (Å²) >= 11 is 0. The quantitative estimate of drug-likeness (QED) is 0.485. The molecule has 0 aromatic carbocycles. The maximum absolute atomic E-state index is 9.98. The lowest BCUT2D eigenvalue weighted by atomic mass is 10.8. The molecule has 0 saturated heterocycles. The van der Waals surface area contributed by atoms with Crippen molar-refractivity contribution in [2.24, 2.45) is 0 Å². The van der Waals surface area contributed by atoms with Crippen molar-refractivity contribution >= 4 is 0 Å². The Kier molecular flexibility index (Phi) is 0.714. The molecule has 0 saturated carbocycles. The van der Waals surface area contributed by atoms with E-state index in [4.69, 9.17) is 0 Å². The highest BCUT2D eigenvalue weighted by Crippen LogP contribution is 1.72. The second-order valence-electron chi connectivity index (χ2n) is 1.17. The largest absolute Gasteiger partial charge is 0.459 e. The zero-order valence-corrected chi connectivity index (χ0v) is 3.76. The fourth-order valence-corrected chi connectivity index (χ4v) is 0.300. The fourth-order valence-electron chi connectivity index (χ4n) is 0.300. The molecular formula is C3H4N2O2. The Morgan fingerprint density at radius 3 is 2.71 bits per heavy atom. The summed E-state index contributed by atoms with van der Waals surface area (Å²) < 4.78 is 4.17. The second kappa shape index (κ2) is 1.22. The van der Waals surface area contributed by atoms with Gasteiger partial charge >= 0.3 is 5.76 Å². The van der Waals surface area contributed by atoms with Gasteiger partial charge in [-0.15, -0.1) is 0 Å². The maximum Gasteiger partial charge on any atom is 0.459 e. The number of aromatic amines is 1. The van der Waals surface area contributed by atoms with Gasteiger partial charge in [-0.05, 0) is 6.92 Å². The summed E-state index contributed by atoms with van der Waals surface area (Å²) in [7, 11) is 0. The van der Waals surface area contributed by atoms with E-state index in [1.165, 1.54) is 0 Å². The molecule has 1 aromatic rings. The normalized spacial score (nSPS) is 9.29. The van der Waals surface area contributed by atoms with Gasteiger partial charge in [0.2, 0.25) is 0 Å². The number of rotatable bonds is 0. The van der Waals surface area contributed by atoms with Crippen LogP contribution in [0.3, 0.4) is 0 Å². The smallest absolute Gasteiger partial charge is 0.321 e. The van der Waals surface area contributed by atoms with Crippen molar-refractivity contribution in [1.82, 2.24) is 10.1 Å². The molecule has 0 aliphatic rings. The van der Waals surface area contributed by atoms with Gasteiger partial charge in [-0.3, -0.25) is 0 Å². The summed E-state index contributed by atoms with van der Waals surface area (Å²) in [6, 6.07) is 0. The first-order valence-corrected chi connectivity index (χ1v) is 1.81. The standard InChI is InChI=1S/C3H4N2O2/c1-2-4-3(6)7-5-2/h1H3,(H,4,5,6). The van der Waals surface area contributed by atoms with Crippen LogP contribution in [0.4, 0.5) is 0 Å². The van der Waals surface area contributed by atoms with Crippen molar-refractivity contribution in [1.29, 1.82) is 0 Å². The molecule has 0 bridgehead atoms. The van der Waals surface area contributed by atoms with Gasteiger partial charge in [-0.2, -0.15) is 4.98 Å². The zero-order valence-electron chi connectivity index (χ0n) is 3.76. The molecule has 1 heterocycles. The van der Waals surface area contributed by atoms with Crippen molar-refractivity contribution in [3.8, 4) is 0 Å². The Labute approximate surface area is 39.1 Å². The van der Waals surface area contributed by atoms with Gasteiger partial charge in [-0.1, -0.05) is 0 Å². The lowest BCUT2D eigenvalue weighted by Crippen LogP contribution is -1.93. The first-order valence-electron chi connectivity index (χ1n) is 1.81. The SMILES string of the molecule is Cc1nc(=O)o[nH]1. The van der Waals surface area contributed by atoms with Crippen LogP contribution in [-0.2, 0) is 0 Å². The minimum atomic E-state index is -0.572. The average molecular weight is 100 g/mol. The summed E-state index contributed by atoms with van der Waals surface area (Å²) in [5, 5.41) is 2.27. The highest BCUT2D eigenvalue weighted by atomic mass is 16.5. The molecule has 0 atom stereocenters. The van der Waals surface area contributed by atoms with E-state index in [1.807, 2.05) is 0 Å². The Bertz CT molecular complexity index is 199. The number of aryl methyl sites for hydroxylation is 1. The molecule has 1 rings (SSSR count). The molecule has 7 heavy (non-hydrogen) atoms. The van der Waals surface area contributed by atoms with Crippen LogP contribution >= 0.6 is 0 Å². The molecule has 4 nitrogen and oxygen atoms in total. The number of nitrogens with zero attached hydrogens (tertiary/aromatic N) is 1. The van der Waals surface area contributed by atoms with Crippen LogP contribution < -0.4 is 5.76 Å². The number of H-pyrrole nitrogens is 1. The van der Waals surface area contributed by atoms with Crippen LogP contribution in [0.15, 0.2) is 9.32 Å². The van der Waals surface area contributed by atoms with E-state index in [9.17, 15) is 4.79 Å². The van der Waals surface area contributed by atoms with E-state index in [1.54, 1.807) is 6.92 Å². The zero-order chi connectivity index (χ0) is 5.28. The number of aromatic nitrogens is 2. The molecule has 0 aliphatic carbocycles. The van der Waals surface area contributed by atoms with Crippen LogP contribution in [0.25, 0.3) is 0 Å². The Morgan fingerprint density at radius 2 is 2.57 bits per heavy atom. The third-order valence-electron chi connectivity index (χ3n) is 0.545. The van der Waals surface area contributed by atoms with Crippen LogP contribution in [0.2, 0.25) is 0 Å². The molecule has 0 radical (unpaired) electrons. The summed E-state index contributed by atoms with van der Waals surface area (Å²) in [5.74, 6) is -0.0671.